The molecule has 3 rings (SSSR count). The summed E-state index contributed by atoms with van der Waals surface area (Å²) in [6.07, 6.45) is 5.07. The monoisotopic (exact) mass is 324 g/mol. The topological polar surface area (TPSA) is 87.7 Å². The fourth-order valence-electron chi connectivity index (χ4n) is 3.06. The fourth-order valence-corrected chi connectivity index (χ4v) is 3.06. The third-order valence-corrected chi connectivity index (χ3v) is 4.71. The molecule has 2 aromatic rings. The van der Waals surface area contributed by atoms with E-state index in [1.165, 1.54) is 6.20 Å². The number of nitrogens with zero attached hydrogens (tertiary/aromatic N) is 6. The first-order valence-corrected chi connectivity index (χ1v) is 8.09. The van der Waals surface area contributed by atoms with Crippen LogP contribution in [0.1, 0.15) is 29.7 Å². The van der Waals surface area contributed by atoms with Crippen molar-refractivity contribution in [2.24, 2.45) is 5.92 Å². The SMILES string of the molecule is Cc1ncn(CC2CCN(c3nnccc3C#N)CC2)c(=O)c1C. The van der Waals surface area contributed by atoms with Gasteiger partial charge in [0.1, 0.15) is 6.07 Å². The Bertz CT molecular complexity index is 830. The molecular weight excluding hydrogens is 304 g/mol. The smallest absolute Gasteiger partial charge is 0.256 e. The van der Waals surface area contributed by atoms with Gasteiger partial charge in [0.25, 0.3) is 5.56 Å². The van der Waals surface area contributed by atoms with Crippen LogP contribution in [-0.2, 0) is 6.54 Å². The Balaban J connectivity index is 1.67. The molecular formula is C17H20N6O. The molecule has 2 aromatic heterocycles. The largest absolute Gasteiger partial charge is 0.354 e. The normalized spacial score (nSPS) is 15.3. The van der Waals surface area contributed by atoms with Crippen LogP contribution in [0.15, 0.2) is 23.4 Å². The van der Waals surface area contributed by atoms with E-state index >= 15 is 0 Å². The van der Waals surface area contributed by atoms with E-state index in [1.54, 1.807) is 17.0 Å². The van der Waals surface area contributed by atoms with Crippen molar-refractivity contribution in [3.05, 3.63) is 45.8 Å². The van der Waals surface area contributed by atoms with Gasteiger partial charge in [-0.2, -0.15) is 10.4 Å². The Kier molecular flexibility index (Phi) is 4.56. The Labute approximate surface area is 140 Å². The highest BCUT2D eigenvalue weighted by molar-refractivity contribution is 5.52. The highest BCUT2D eigenvalue weighted by Crippen LogP contribution is 2.24. The summed E-state index contributed by atoms with van der Waals surface area (Å²) < 4.78 is 1.71. The lowest BCUT2D eigenvalue weighted by Crippen LogP contribution is -2.37. The summed E-state index contributed by atoms with van der Waals surface area (Å²) in [6.45, 7) is 5.98. The van der Waals surface area contributed by atoms with E-state index in [9.17, 15) is 10.1 Å². The molecule has 0 amide bonds. The molecule has 124 valence electrons. The molecule has 0 aliphatic carbocycles. The van der Waals surface area contributed by atoms with Gasteiger partial charge in [0.05, 0.1) is 18.1 Å². The molecule has 0 saturated carbocycles. The molecule has 0 N–H and O–H groups in total. The van der Waals surface area contributed by atoms with Crippen molar-refractivity contribution in [3.8, 4) is 6.07 Å². The number of rotatable bonds is 3. The molecule has 0 bridgehead atoms. The van der Waals surface area contributed by atoms with E-state index in [4.69, 9.17) is 0 Å². The maximum atomic E-state index is 12.3. The average molecular weight is 324 g/mol. The molecule has 0 atom stereocenters. The summed E-state index contributed by atoms with van der Waals surface area (Å²) in [5, 5.41) is 17.2. The highest BCUT2D eigenvalue weighted by atomic mass is 16.1. The lowest BCUT2D eigenvalue weighted by molar-refractivity contribution is 0.349. The maximum absolute atomic E-state index is 12.3. The van der Waals surface area contributed by atoms with Gasteiger partial charge in [-0.3, -0.25) is 9.36 Å². The summed E-state index contributed by atoms with van der Waals surface area (Å²) in [5.74, 6) is 1.08. The molecule has 0 aromatic carbocycles. The second-order valence-electron chi connectivity index (χ2n) is 6.22. The summed E-state index contributed by atoms with van der Waals surface area (Å²) in [7, 11) is 0. The number of nitriles is 1. The predicted octanol–water partition coefficient (Wildman–Crippen LogP) is 1.44. The Morgan fingerprint density at radius 1 is 1.33 bits per heavy atom. The summed E-state index contributed by atoms with van der Waals surface area (Å²) in [6, 6.07) is 3.85. The van der Waals surface area contributed by atoms with Gasteiger partial charge in [-0.25, -0.2) is 4.98 Å². The lowest BCUT2D eigenvalue weighted by atomic mass is 9.96. The maximum Gasteiger partial charge on any atom is 0.256 e. The zero-order chi connectivity index (χ0) is 17.1. The van der Waals surface area contributed by atoms with E-state index in [0.717, 1.165) is 31.6 Å². The van der Waals surface area contributed by atoms with Crippen molar-refractivity contribution in [3.63, 3.8) is 0 Å². The summed E-state index contributed by atoms with van der Waals surface area (Å²) >= 11 is 0. The van der Waals surface area contributed by atoms with Crippen molar-refractivity contribution in [2.45, 2.75) is 33.2 Å². The quantitative estimate of drug-likeness (QED) is 0.849. The van der Waals surface area contributed by atoms with Crippen molar-refractivity contribution >= 4 is 5.82 Å². The van der Waals surface area contributed by atoms with Gasteiger partial charge in [-0.05, 0) is 38.7 Å². The van der Waals surface area contributed by atoms with Crippen LogP contribution in [0.3, 0.4) is 0 Å². The number of hydrogen-bond acceptors (Lipinski definition) is 6. The number of hydrogen-bond donors (Lipinski definition) is 0. The first-order chi connectivity index (χ1) is 11.6. The third kappa shape index (κ3) is 3.13. The van der Waals surface area contributed by atoms with Crippen LogP contribution >= 0.6 is 0 Å². The van der Waals surface area contributed by atoms with E-state index in [1.807, 2.05) is 13.8 Å². The molecule has 24 heavy (non-hydrogen) atoms. The molecule has 1 saturated heterocycles. The minimum Gasteiger partial charge on any atom is -0.354 e. The van der Waals surface area contributed by atoms with Crippen LogP contribution in [0, 0.1) is 31.1 Å². The number of piperidine rings is 1. The van der Waals surface area contributed by atoms with Gasteiger partial charge < -0.3 is 4.90 Å². The minimum absolute atomic E-state index is 0.0469. The molecule has 0 unspecified atom stereocenters. The molecule has 3 heterocycles. The molecule has 1 aliphatic heterocycles. The number of aryl methyl sites for hydroxylation is 1. The number of aromatic nitrogens is 4. The van der Waals surface area contributed by atoms with E-state index in [0.29, 0.717) is 29.4 Å². The molecule has 7 heteroatoms. The van der Waals surface area contributed by atoms with E-state index in [2.05, 4.69) is 26.2 Å². The fraction of sp³-hybridized carbons (Fsp3) is 0.471. The third-order valence-electron chi connectivity index (χ3n) is 4.71. The summed E-state index contributed by atoms with van der Waals surface area (Å²) in [4.78, 5) is 18.7. The van der Waals surface area contributed by atoms with Crippen molar-refractivity contribution in [1.82, 2.24) is 19.7 Å². The van der Waals surface area contributed by atoms with Gasteiger partial charge >= 0.3 is 0 Å². The van der Waals surface area contributed by atoms with E-state index < -0.39 is 0 Å². The Hall–Kier alpha value is -2.75. The zero-order valence-electron chi connectivity index (χ0n) is 13.9. The van der Waals surface area contributed by atoms with Gasteiger partial charge in [-0.1, -0.05) is 0 Å². The molecule has 1 fully saturated rings. The van der Waals surface area contributed by atoms with Gasteiger partial charge in [0.2, 0.25) is 0 Å². The second-order valence-corrected chi connectivity index (χ2v) is 6.22. The minimum atomic E-state index is 0.0469. The molecule has 1 aliphatic rings. The van der Waals surface area contributed by atoms with Gasteiger partial charge in [0, 0.05) is 30.9 Å². The van der Waals surface area contributed by atoms with E-state index in [-0.39, 0.29) is 5.56 Å². The average Bonchev–Trinajstić information content (AvgIpc) is 2.63. The zero-order valence-corrected chi connectivity index (χ0v) is 13.9. The van der Waals surface area contributed by atoms with Gasteiger partial charge in [-0.15, -0.1) is 5.10 Å². The molecule has 0 radical (unpaired) electrons. The Morgan fingerprint density at radius 3 is 2.79 bits per heavy atom. The standard InChI is InChI=1S/C17H20N6O/c1-12-13(2)19-11-23(17(12)24)10-14-4-7-22(8-5-14)16-15(9-18)3-6-20-21-16/h3,6,11,14H,4-5,7-8,10H2,1-2H3. The van der Waals surface area contributed by atoms with Crippen LogP contribution in [-0.4, -0.2) is 32.8 Å². The van der Waals surface area contributed by atoms with Crippen LogP contribution in [0.2, 0.25) is 0 Å². The summed E-state index contributed by atoms with van der Waals surface area (Å²) in [5.41, 5.74) is 2.11. The van der Waals surface area contributed by atoms with Crippen LogP contribution in [0.25, 0.3) is 0 Å². The predicted molar refractivity (Wildman–Crippen MR) is 89.7 cm³/mol. The number of anilines is 1. The first-order valence-electron chi connectivity index (χ1n) is 8.09. The van der Waals surface area contributed by atoms with Crippen LogP contribution in [0.4, 0.5) is 5.82 Å². The van der Waals surface area contributed by atoms with Gasteiger partial charge in [0.15, 0.2) is 5.82 Å². The van der Waals surface area contributed by atoms with Crippen molar-refractivity contribution in [2.75, 3.05) is 18.0 Å². The highest BCUT2D eigenvalue weighted by Gasteiger charge is 2.23. The molecule has 7 nitrogen and oxygen atoms in total. The molecule has 0 spiro atoms. The van der Waals surface area contributed by atoms with Crippen molar-refractivity contribution in [1.29, 1.82) is 5.26 Å². The van der Waals surface area contributed by atoms with Crippen molar-refractivity contribution < 1.29 is 0 Å². The lowest BCUT2D eigenvalue weighted by Gasteiger charge is -2.33. The van der Waals surface area contributed by atoms with Crippen LogP contribution < -0.4 is 10.5 Å². The first kappa shape index (κ1) is 16.1. The Morgan fingerprint density at radius 2 is 2.08 bits per heavy atom. The van der Waals surface area contributed by atoms with Crippen LogP contribution in [0.5, 0.6) is 0 Å². The second kappa shape index (κ2) is 6.79.